The van der Waals surface area contributed by atoms with Crippen molar-refractivity contribution in [1.29, 1.82) is 0 Å². The number of carbonyl (C=O) groups excluding carboxylic acids is 3. The topological polar surface area (TPSA) is 89.7 Å². The van der Waals surface area contributed by atoms with Crippen LogP contribution in [-0.4, -0.2) is 54.1 Å². The predicted octanol–water partition coefficient (Wildman–Crippen LogP) is 4.92. The van der Waals surface area contributed by atoms with Gasteiger partial charge in [0.25, 0.3) is 0 Å². The van der Waals surface area contributed by atoms with E-state index in [2.05, 4.69) is 45.6 Å². The van der Waals surface area contributed by atoms with Crippen molar-refractivity contribution in [3.8, 4) is 0 Å². The summed E-state index contributed by atoms with van der Waals surface area (Å²) >= 11 is 4.33. The Kier molecular flexibility index (Phi) is 13.3. The van der Waals surface area contributed by atoms with Gasteiger partial charge in [-0.3, -0.25) is 9.59 Å². The van der Waals surface area contributed by atoms with Gasteiger partial charge in [-0.05, 0) is 53.4 Å². The molecule has 7 heteroatoms. The molecule has 1 amide bonds. The lowest BCUT2D eigenvalue weighted by atomic mass is 9.88. The van der Waals surface area contributed by atoms with Crippen LogP contribution in [0.15, 0.2) is 65.3 Å². The van der Waals surface area contributed by atoms with Crippen molar-refractivity contribution in [2.24, 2.45) is 5.73 Å². The van der Waals surface area contributed by atoms with Gasteiger partial charge in [-0.1, -0.05) is 65.3 Å². The van der Waals surface area contributed by atoms with Crippen molar-refractivity contribution < 1.29 is 19.1 Å². The van der Waals surface area contributed by atoms with E-state index in [1.807, 2.05) is 13.0 Å². The molecule has 0 radical (unpaired) electrons. The van der Waals surface area contributed by atoms with Crippen LogP contribution < -0.4 is 5.73 Å². The van der Waals surface area contributed by atoms with Gasteiger partial charge in [0.15, 0.2) is 0 Å². The lowest BCUT2D eigenvalue weighted by molar-refractivity contribution is -0.156. The molecule has 0 spiro atoms. The number of rotatable bonds is 14. The number of benzene rings is 1. The van der Waals surface area contributed by atoms with Gasteiger partial charge in [-0.15, -0.1) is 0 Å². The lowest BCUT2D eigenvalue weighted by Gasteiger charge is -2.39. The van der Waals surface area contributed by atoms with Crippen LogP contribution in [0.3, 0.4) is 0 Å². The molecule has 0 bridgehead atoms. The fourth-order valence-electron chi connectivity index (χ4n) is 3.71. The van der Waals surface area contributed by atoms with E-state index in [-0.39, 0.29) is 24.4 Å². The maximum absolute atomic E-state index is 13.6. The minimum absolute atomic E-state index is 0.0410. The Hall–Kier alpha value is -2.64. The molecule has 0 aliphatic carbocycles. The van der Waals surface area contributed by atoms with Crippen LogP contribution in [0.25, 0.3) is 0 Å². The third-order valence-electron chi connectivity index (χ3n) is 5.85. The van der Waals surface area contributed by atoms with Crippen molar-refractivity contribution in [3.05, 3.63) is 70.8 Å². The van der Waals surface area contributed by atoms with Crippen molar-refractivity contribution in [2.75, 3.05) is 26.0 Å². The van der Waals surface area contributed by atoms with E-state index in [0.717, 1.165) is 31.3 Å². The molecule has 0 aliphatic heterocycles. The summed E-state index contributed by atoms with van der Waals surface area (Å²) in [6.45, 7) is 7.99. The molecule has 35 heavy (non-hydrogen) atoms. The smallest absolute Gasteiger partial charge is 0.340 e. The second kappa shape index (κ2) is 15.4. The van der Waals surface area contributed by atoms with Gasteiger partial charge in [0.05, 0.1) is 13.7 Å². The van der Waals surface area contributed by atoms with Crippen LogP contribution in [0.5, 0.6) is 0 Å². The second-order valence-corrected chi connectivity index (χ2v) is 9.19. The summed E-state index contributed by atoms with van der Waals surface area (Å²) in [6, 6.07) is 8.36. The molecule has 0 unspecified atom stereocenters. The maximum atomic E-state index is 13.6. The Morgan fingerprint density at radius 3 is 2.06 bits per heavy atom. The van der Waals surface area contributed by atoms with Crippen molar-refractivity contribution >= 4 is 30.3 Å². The third-order valence-corrected chi connectivity index (χ3v) is 6.30. The standard InChI is InChI=1S/C28H40N2O4S/c1-21(2)11-9-12-22(3)13-10-14-23(4)17-18-30(25(31)19-29)28(20-35,27(33)34-5)26(32)24-15-7-6-8-16-24/h6-8,11,13,15-17,35H,9-10,12,14,18-20,29H2,1-5H3/t28-/m1/s1. The summed E-state index contributed by atoms with van der Waals surface area (Å²) in [5.74, 6) is -2.17. The quantitative estimate of drug-likeness (QED) is 0.124. The largest absolute Gasteiger partial charge is 0.467 e. The Morgan fingerprint density at radius 2 is 1.54 bits per heavy atom. The van der Waals surface area contributed by atoms with Gasteiger partial charge >= 0.3 is 5.97 Å². The molecule has 1 rings (SSSR count). The number of nitrogens with zero attached hydrogens (tertiary/aromatic N) is 1. The van der Waals surface area contributed by atoms with Crippen LogP contribution >= 0.6 is 12.6 Å². The highest BCUT2D eigenvalue weighted by Crippen LogP contribution is 2.26. The molecule has 1 atom stereocenters. The first-order valence-electron chi connectivity index (χ1n) is 11.9. The molecule has 0 saturated carbocycles. The summed E-state index contributed by atoms with van der Waals surface area (Å²) < 4.78 is 4.99. The van der Waals surface area contributed by atoms with E-state index >= 15 is 0 Å². The molecule has 1 aromatic rings. The van der Waals surface area contributed by atoms with Gasteiger partial charge in [0, 0.05) is 17.9 Å². The Balaban J connectivity index is 3.14. The second-order valence-electron chi connectivity index (χ2n) is 8.87. The maximum Gasteiger partial charge on any atom is 0.340 e. The van der Waals surface area contributed by atoms with E-state index in [9.17, 15) is 14.4 Å². The summed E-state index contributed by atoms with van der Waals surface area (Å²) in [7, 11) is 1.19. The number of hydrogen-bond donors (Lipinski definition) is 2. The van der Waals surface area contributed by atoms with E-state index in [1.165, 1.54) is 23.2 Å². The first kappa shape index (κ1) is 30.4. The molecule has 0 saturated heterocycles. The number of carbonyl (C=O) groups is 3. The molecule has 192 valence electrons. The number of thiol groups is 1. The monoisotopic (exact) mass is 500 g/mol. The fourth-order valence-corrected chi connectivity index (χ4v) is 4.15. The summed E-state index contributed by atoms with van der Waals surface area (Å²) in [5.41, 5.74) is 7.74. The van der Waals surface area contributed by atoms with Crippen molar-refractivity contribution in [1.82, 2.24) is 4.90 Å². The number of amides is 1. The average molecular weight is 501 g/mol. The minimum Gasteiger partial charge on any atom is -0.467 e. The molecule has 0 fully saturated rings. The van der Waals surface area contributed by atoms with Gasteiger partial charge < -0.3 is 15.4 Å². The zero-order chi connectivity index (χ0) is 26.4. The molecule has 2 N–H and O–H groups in total. The van der Waals surface area contributed by atoms with Gasteiger partial charge in [0.1, 0.15) is 0 Å². The van der Waals surface area contributed by atoms with E-state index in [1.54, 1.807) is 30.3 Å². The van der Waals surface area contributed by atoms with Crippen LogP contribution in [-0.2, 0) is 14.3 Å². The normalized spacial score (nSPS) is 13.6. The number of nitrogens with two attached hydrogens (primary N) is 1. The van der Waals surface area contributed by atoms with Crippen LogP contribution in [0, 0.1) is 0 Å². The lowest BCUT2D eigenvalue weighted by Crippen LogP contribution is -2.65. The number of Topliss-reactive ketones (excluding diaryl/α,β-unsaturated/α-hetero) is 1. The van der Waals surface area contributed by atoms with Gasteiger partial charge in [-0.25, -0.2) is 4.79 Å². The molecular weight excluding hydrogens is 460 g/mol. The molecule has 0 aliphatic rings. The summed E-state index contributed by atoms with van der Waals surface area (Å²) in [6.07, 6.45) is 10.0. The van der Waals surface area contributed by atoms with E-state index in [0.29, 0.717) is 0 Å². The highest BCUT2D eigenvalue weighted by Gasteiger charge is 2.52. The highest BCUT2D eigenvalue weighted by molar-refractivity contribution is 7.80. The first-order valence-corrected chi connectivity index (χ1v) is 12.5. The predicted molar refractivity (Wildman–Crippen MR) is 146 cm³/mol. The average Bonchev–Trinajstić information content (AvgIpc) is 2.85. The van der Waals surface area contributed by atoms with E-state index in [4.69, 9.17) is 10.5 Å². The van der Waals surface area contributed by atoms with Crippen molar-refractivity contribution in [2.45, 2.75) is 58.9 Å². The molecule has 0 aromatic heterocycles. The zero-order valence-corrected chi connectivity index (χ0v) is 22.6. The number of ketones is 1. The number of hydrogen-bond acceptors (Lipinski definition) is 6. The zero-order valence-electron chi connectivity index (χ0n) is 21.7. The highest BCUT2D eigenvalue weighted by atomic mass is 32.1. The minimum atomic E-state index is -1.92. The number of methoxy groups -OCH3 is 1. The van der Waals surface area contributed by atoms with Crippen molar-refractivity contribution in [3.63, 3.8) is 0 Å². The van der Waals surface area contributed by atoms with Crippen LogP contribution in [0.4, 0.5) is 0 Å². The number of esters is 1. The molecule has 0 heterocycles. The fraction of sp³-hybridized carbons (Fsp3) is 0.464. The molecular formula is C28H40N2O4S. The Labute approximate surface area is 215 Å². The first-order chi connectivity index (χ1) is 16.6. The number of allylic oxidation sites excluding steroid dienone is 5. The SMILES string of the molecule is COC(=O)[C@@](CS)(C(=O)c1ccccc1)N(CC=C(C)CCC=C(C)CCC=C(C)C)C(=O)CN. The van der Waals surface area contributed by atoms with Gasteiger partial charge in [0.2, 0.25) is 17.2 Å². The van der Waals surface area contributed by atoms with Crippen LogP contribution in [0.2, 0.25) is 0 Å². The third kappa shape index (κ3) is 8.82. The summed E-state index contributed by atoms with van der Waals surface area (Å²) in [4.78, 5) is 40.7. The van der Waals surface area contributed by atoms with Crippen LogP contribution in [0.1, 0.15) is 63.7 Å². The van der Waals surface area contributed by atoms with Gasteiger partial charge in [-0.2, -0.15) is 12.6 Å². The molecule has 6 nitrogen and oxygen atoms in total. The Morgan fingerprint density at radius 1 is 0.971 bits per heavy atom. The summed E-state index contributed by atoms with van der Waals surface area (Å²) in [5, 5.41) is 0. The number of ether oxygens (including phenoxy) is 1. The molecule has 1 aromatic carbocycles. The Bertz CT molecular complexity index is 949. The van der Waals surface area contributed by atoms with E-state index < -0.39 is 23.2 Å².